The quantitative estimate of drug-likeness (QED) is 0.926. The first-order valence-electron chi connectivity index (χ1n) is 7.56. The Kier molecular flexibility index (Phi) is 4.99. The van der Waals surface area contributed by atoms with E-state index in [9.17, 15) is 14.7 Å². The van der Waals surface area contributed by atoms with Crippen LogP contribution in [-0.2, 0) is 9.59 Å². The van der Waals surface area contributed by atoms with E-state index in [1.54, 1.807) is 11.9 Å². The summed E-state index contributed by atoms with van der Waals surface area (Å²) >= 11 is 0. The van der Waals surface area contributed by atoms with E-state index in [4.69, 9.17) is 0 Å². The molecule has 0 spiro atoms. The molecule has 1 aliphatic rings. The van der Waals surface area contributed by atoms with E-state index in [2.05, 4.69) is 0 Å². The predicted molar refractivity (Wildman–Crippen MR) is 80.7 cm³/mol. The summed E-state index contributed by atoms with van der Waals surface area (Å²) in [4.78, 5) is 25.7. The molecule has 0 heterocycles. The topological polar surface area (TPSA) is 57.6 Å². The molecule has 1 N–H and O–H groups in total. The van der Waals surface area contributed by atoms with Crippen molar-refractivity contribution in [2.45, 2.75) is 38.6 Å². The summed E-state index contributed by atoms with van der Waals surface area (Å²) in [5, 5.41) is 9.32. The lowest BCUT2D eigenvalue weighted by Crippen LogP contribution is -2.41. The van der Waals surface area contributed by atoms with Crippen molar-refractivity contribution in [3.63, 3.8) is 0 Å². The minimum atomic E-state index is -0.839. The van der Waals surface area contributed by atoms with E-state index in [0.29, 0.717) is 12.8 Å². The van der Waals surface area contributed by atoms with Crippen LogP contribution >= 0.6 is 0 Å². The van der Waals surface area contributed by atoms with Crippen LogP contribution < -0.4 is 0 Å². The number of carboxylic acids is 1. The number of hydrogen-bond donors (Lipinski definition) is 1. The van der Waals surface area contributed by atoms with Crippen LogP contribution in [0.25, 0.3) is 0 Å². The minimum absolute atomic E-state index is 0.0431. The summed E-state index contributed by atoms with van der Waals surface area (Å²) in [5.41, 5.74) is 1.07. The van der Waals surface area contributed by atoms with Crippen molar-refractivity contribution < 1.29 is 14.7 Å². The number of carboxylic acid groups (broad SMARTS) is 1. The number of nitrogens with zero attached hydrogens (tertiary/aromatic N) is 1. The fourth-order valence-electron chi connectivity index (χ4n) is 3.13. The number of rotatable bonds is 4. The summed E-state index contributed by atoms with van der Waals surface area (Å²) in [5.74, 6) is -1.80. The average Bonchev–Trinajstić information content (AvgIpc) is 2.53. The first kappa shape index (κ1) is 15.5. The number of carbonyl (C=O) groups is 2. The highest BCUT2D eigenvalue weighted by atomic mass is 16.4. The van der Waals surface area contributed by atoms with Crippen LogP contribution in [-0.4, -0.2) is 28.9 Å². The molecular formula is C17H23NO3. The normalized spacial score (nSPS) is 23.3. The molecule has 1 aromatic rings. The lowest BCUT2D eigenvalue weighted by Gasteiger charge is -2.34. The second kappa shape index (κ2) is 6.74. The van der Waals surface area contributed by atoms with E-state index >= 15 is 0 Å². The molecule has 1 aromatic carbocycles. The van der Waals surface area contributed by atoms with Crippen LogP contribution in [0.4, 0.5) is 0 Å². The fraction of sp³-hybridized carbons (Fsp3) is 0.529. The predicted octanol–water partition coefficient (Wildman–Crippen LogP) is 3.10. The SMILES string of the molecule is CC(c1ccccc1)N(C)C(=O)[C@@H]1CCCC[C@@H]1C(=O)O. The fourth-order valence-corrected chi connectivity index (χ4v) is 3.13. The summed E-state index contributed by atoms with van der Waals surface area (Å²) in [7, 11) is 1.77. The molecule has 0 bridgehead atoms. The Morgan fingerprint density at radius 1 is 1.14 bits per heavy atom. The number of aliphatic carboxylic acids is 1. The molecule has 1 aliphatic carbocycles. The van der Waals surface area contributed by atoms with Crippen molar-refractivity contribution in [3.8, 4) is 0 Å². The lowest BCUT2D eigenvalue weighted by molar-refractivity contribution is -0.152. The summed E-state index contributed by atoms with van der Waals surface area (Å²) < 4.78 is 0. The van der Waals surface area contributed by atoms with Gasteiger partial charge in [-0.3, -0.25) is 9.59 Å². The monoisotopic (exact) mass is 289 g/mol. The second-order valence-corrected chi connectivity index (χ2v) is 5.87. The third kappa shape index (κ3) is 3.43. The maximum atomic E-state index is 12.7. The zero-order valence-corrected chi connectivity index (χ0v) is 12.7. The van der Waals surface area contributed by atoms with Crippen molar-refractivity contribution in [2.24, 2.45) is 11.8 Å². The zero-order chi connectivity index (χ0) is 15.4. The van der Waals surface area contributed by atoms with Gasteiger partial charge in [-0.15, -0.1) is 0 Å². The molecule has 3 atom stereocenters. The van der Waals surface area contributed by atoms with Gasteiger partial charge in [-0.25, -0.2) is 0 Å². The van der Waals surface area contributed by atoms with Gasteiger partial charge in [0.2, 0.25) is 5.91 Å². The first-order chi connectivity index (χ1) is 10.0. The van der Waals surface area contributed by atoms with E-state index in [0.717, 1.165) is 18.4 Å². The minimum Gasteiger partial charge on any atom is -0.481 e. The molecule has 4 nitrogen and oxygen atoms in total. The van der Waals surface area contributed by atoms with Crippen LogP contribution in [0.3, 0.4) is 0 Å². The van der Waals surface area contributed by atoms with Gasteiger partial charge in [0.25, 0.3) is 0 Å². The van der Waals surface area contributed by atoms with Crippen LogP contribution in [0.15, 0.2) is 30.3 Å². The number of benzene rings is 1. The van der Waals surface area contributed by atoms with E-state index in [1.807, 2.05) is 37.3 Å². The summed E-state index contributed by atoms with van der Waals surface area (Å²) in [6.07, 6.45) is 3.13. The number of hydrogen-bond acceptors (Lipinski definition) is 2. The molecule has 1 unspecified atom stereocenters. The van der Waals surface area contributed by atoms with Gasteiger partial charge >= 0.3 is 5.97 Å². The third-order valence-electron chi connectivity index (χ3n) is 4.61. The third-order valence-corrected chi connectivity index (χ3v) is 4.61. The van der Waals surface area contributed by atoms with Gasteiger partial charge in [-0.05, 0) is 25.3 Å². The maximum Gasteiger partial charge on any atom is 0.307 e. The van der Waals surface area contributed by atoms with Crippen LogP contribution in [0.5, 0.6) is 0 Å². The molecule has 114 valence electrons. The smallest absolute Gasteiger partial charge is 0.307 e. The molecule has 0 saturated heterocycles. The largest absolute Gasteiger partial charge is 0.481 e. The molecule has 1 fully saturated rings. The second-order valence-electron chi connectivity index (χ2n) is 5.87. The highest BCUT2D eigenvalue weighted by Gasteiger charge is 2.38. The molecular weight excluding hydrogens is 266 g/mol. The highest BCUT2D eigenvalue weighted by Crippen LogP contribution is 2.33. The van der Waals surface area contributed by atoms with Gasteiger partial charge in [0.15, 0.2) is 0 Å². The first-order valence-corrected chi connectivity index (χ1v) is 7.56. The molecule has 0 aliphatic heterocycles. The Morgan fingerprint density at radius 3 is 2.29 bits per heavy atom. The van der Waals surface area contributed by atoms with Crippen molar-refractivity contribution >= 4 is 11.9 Å². The Morgan fingerprint density at radius 2 is 1.71 bits per heavy atom. The van der Waals surface area contributed by atoms with Gasteiger partial charge in [0, 0.05) is 7.05 Å². The molecule has 2 rings (SSSR count). The number of amides is 1. The average molecular weight is 289 g/mol. The van der Waals surface area contributed by atoms with Crippen molar-refractivity contribution in [3.05, 3.63) is 35.9 Å². The zero-order valence-electron chi connectivity index (χ0n) is 12.7. The Bertz CT molecular complexity index is 500. The van der Waals surface area contributed by atoms with E-state index < -0.39 is 11.9 Å². The molecule has 1 amide bonds. The van der Waals surface area contributed by atoms with E-state index in [1.165, 1.54) is 0 Å². The van der Waals surface area contributed by atoms with Gasteiger partial charge in [0.05, 0.1) is 17.9 Å². The Balaban J connectivity index is 2.12. The molecule has 1 saturated carbocycles. The summed E-state index contributed by atoms with van der Waals surface area (Å²) in [6, 6.07) is 9.78. The Labute approximate surface area is 125 Å². The van der Waals surface area contributed by atoms with Crippen molar-refractivity contribution in [2.75, 3.05) is 7.05 Å². The summed E-state index contributed by atoms with van der Waals surface area (Å²) in [6.45, 7) is 1.98. The highest BCUT2D eigenvalue weighted by molar-refractivity contribution is 5.85. The molecule has 21 heavy (non-hydrogen) atoms. The maximum absolute atomic E-state index is 12.7. The number of carbonyl (C=O) groups excluding carboxylic acids is 1. The lowest BCUT2D eigenvalue weighted by atomic mass is 9.78. The Hall–Kier alpha value is -1.84. The van der Waals surface area contributed by atoms with Gasteiger partial charge in [-0.2, -0.15) is 0 Å². The van der Waals surface area contributed by atoms with E-state index in [-0.39, 0.29) is 17.9 Å². The molecule has 0 aromatic heterocycles. The molecule has 0 radical (unpaired) electrons. The van der Waals surface area contributed by atoms with Crippen molar-refractivity contribution in [1.29, 1.82) is 0 Å². The van der Waals surface area contributed by atoms with Crippen molar-refractivity contribution in [1.82, 2.24) is 4.90 Å². The van der Waals surface area contributed by atoms with Gasteiger partial charge in [-0.1, -0.05) is 43.2 Å². The van der Waals surface area contributed by atoms with Gasteiger partial charge in [0.1, 0.15) is 0 Å². The standard InChI is InChI=1S/C17H23NO3/c1-12(13-8-4-3-5-9-13)18(2)16(19)14-10-6-7-11-15(14)17(20)21/h3-5,8-9,12,14-15H,6-7,10-11H2,1-2H3,(H,20,21)/t12?,14-,15+/m1/s1. The van der Waals surface area contributed by atoms with Crippen LogP contribution in [0, 0.1) is 11.8 Å². The molecule has 4 heteroatoms. The van der Waals surface area contributed by atoms with Crippen LogP contribution in [0.1, 0.15) is 44.2 Å². The van der Waals surface area contributed by atoms with Crippen LogP contribution in [0.2, 0.25) is 0 Å². The van der Waals surface area contributed by atoms with Gasteiger partial charge < -0.3 is 10.0 Å².